The molecule has 0 fully saturated rings. The third-order valence-corrected chi connectivity index (χ3v) is 3.69. The van der Waals surface area contributed by atoms with Gasteiger partial charge in [0.05, 0.1) is 21.3 Å². The molecule has 0 unspecified atom stereocenters. The van der Waals surface area contributed by atoms with Gasteiger partial charge in [0.2, 0.25) is 5.91 Å². The summed E-state index contributed by atoms with van der Waals surface area (Å²) in [6.45, 7) is 0. The summed E-state index contributed by atoms with van der Waals surface area (Å²) < 4.78 is 39.5. The molecule has 1 N–H and O–H groups in total. The van der Waals surface area contributed by atoms with Crippen LogP contribution in [0.3, 0.4) is 0 Å². The molecule has 0 bridgehead atoms. The minimum atomic E-state index is -4.67. The molecule has 0 atom stereocenters. The summed E-state index contributed by atoms with van der Waals surface area (Å²) in [5.74, 6) is -0.953. The van der Waals surface area contributed by atoms with E-state index >= 15 is 0 Å². The highest BCUT2D eigenvalue weighted by molar-refractivity contribution is 6.44. The lowest BCUT2D eigenvalue weighted by Gasteiger charge is -2.12. The third kappa shape index (κ3) is 4.50. The second kappa shape index (κ2) is 7.06. The van der Waals surface area contributed by atoms with Crippen LogP contribution in [-0.4, -0.2) is 12.1 Å². The van der Waals surface area contributed by atoms with Gasteiger partial charge >= 0.3 is 6.18 Å². The van der Waals surface area contributed by atoms with E-state index in [1.165, 1.54) is 42.5 Å². The van der Waals surface area contributed by atoms with Crippen molar-refractivity contribution in [1.82, 2.24) is 0 Å². The smallest absolute Gasteiger partial charge is 0.321 e. The maximum absolute atomic E-state index is 13.2. The first kappa shape index (κ1) is 17.4. The van der Waals surface area contributed by atoms with E-state index in [1.54, 1.807) is 6.07 Å². The van der Waals surface area contributed by atoms with Gasteiger partial charge < -0.3 is 5.32 Å². The molecule has 1 amide bonds. The van der Waals surface area contributed by atoms with E-state index in [1.807, 2.05) is 0 Å². The molecular formula is C16H10Cl2F3NO. The number of halogens is 5. The van der Waals surface area contributed by atoms with E-state index in [-0.39, 0.29) is 21.3 Å². The molecule has 120 valence electrons. The molecule has 0 heterocycles. The van der Waals surface area contributed by atoms with E-state index in [0.717, 1.165) is 0 Å². The standard InChI is InChI=1S/C16H10Cl2F3NO/c17-12-7-4-8-13(15(12)18)22-14(23)9-11(16(19,20)21)10-5-2-1-3-6-10/h1-9H,(H,22,23)/b11-9+. The summed E-state index contributed by atoms with van der Waals surface area (Å²) in [5, 5.41) is 2.54. The van der Waals surface area contributed by atoms with Gasteiger partial charge in [0, 0.05) is 6.08 Å². The fourth-order valence-corrected chi connectivity index (χ4v) is 2.19. The topological polar surface area (TPSA) is 29.1 Å². The summed E-state index contributed by atoms with van der Waals surface area (Å²) in [4.78, 5) is 11.9. The average Bonchev–Trinajstić information content (AvgIpc) is 2.49. The minimum absolute atomic E-state index is 0.0594. The Kier molecular flexibility index (Phi) is 5.34. The molecule has 2 nitrogen and oxygen atoms in total. The Hall–Kier alpha value is -1.98. The van der Waals surface area contributed by atoms with Gasteiger partial charge in [-0.15, -0.1) is 0 Å². The normalized spacial score (nSPS) is 12.1. The van der Waals surface area contributed by atoms with Crippen molar-refractivity contribution in [2.75, 3.05) is 5.32 Å². The zero-order valence-electron chi connectivity index (χ0n) is 11.5. The second-order valence-electron chi connectivity index (χ2n) is 4.51. The Bertz CT molecular complexity index is 743. The predicted molar refractivity (Wildman–Crippen MR) is 85.6 cm³/mol. The van der Waals surface area contributed by atoms with Crippen LogP contribution in [0.1, 0.15) is 5.56 Å². The fraction of sp³-hybridized carbons (Fsp3) is 0.0625. The van der Waals surface area contributed by atoms with Crippen LogP contribution in [0.15, 0.2) is 54.6 Å². The van der Waals surface area contributed by atoms with Crippen molar-refractivity contribution in [2.24, 2.45) is 0 Å². The number of rotatable bonds is 3. The molecule has 7 heteroatoms. The minimum Gasteiger partial charge on any atom is -0.321 e. The molecule has 0 aliphatic heterocycles. The number of anilines is 1. The van der Waals surface area contributed by atoms with Gasteiger partial charge in [0.15, 0.2) is 0 Å². The van der Waals surface area contributed by atoms with Crippen LogP contribution in [0.5, 0.6) is 0 Å². The van der Waals surface area contributed by atoms with E-state index in [4.69, 9.17) is 23.2 Å². The number of alkyl halides is 3. The molecule has 0 aliphatic rings. The first-order valence-corrected chi connectivity index (χ1v) is 7.14. The molecule has 0 aromatic heterocycles. The molecule has 23 heavy (non-hydrogen) atoms. The van der Waals surface area contributed by atoms with Crippen molar-refractivity contribution >= 4 is 40.4 Å². The molecule has 0 saturated heterocycles. The van der Waals surface area contributed by atoms with Crippen LogP contribution in [-0.2, 0) is 4.79 Å². The third-order valence-electron chi connectivity index (χ3n) is 2.88. The van der Waals surface area contributed by atoms with Crippen LogP contribution >= 0.6 is 23.2 Å². The molecule has 2 aromatic rings. The molecular weight excluding hydrogens is 350 g/mol. The summed E-state index contributed by atoms with van der Waals surface area (Å²) in [6.07, 6.45) is -4.18. The van der Waals surface area contributed by atoms with Crippen LogP contribution in [0, 0.1) is 0 Å². The Balaban J connectivity index is 2.33. The second-order valence-corrected chi connectivity index (χ2v) is 5.30. The van der Waals surface area contributed by atoms with E-state index in [0.29, 0.717) is 6.08 Å². The summed E-state index contributed by atoms with van der Waals surface area (Å²) in [5.41, 5.74) is -1.02. The molecule has 0 radical (unpaired) electrons. The predicted octanol–water partition coefficient (Wildman–Crippen LogP) is 5.58. The Morgan fingerprint density at radius 1 is 1.00 bits per heavy atom. The van der Waals surface area contributed by atoms with Gasteiger partial charge in [-0.2, -0.15) is 13.2 Å². The quantitative estimate of drug-likeness (QED) is 0.712. The summed E-state index contributed by atoms with van der Waals surface area (Å²) >= 11 is 11.7. The zero-order valence-corrected chi connectivity index (χ0v) is 13.0. The summed E-state index contributed by atoms with van der Waals surface area (Å²) in [6, 6.07) is 11.5. The van der Waals surface area contributed by atoms with Crippen molar-refractivity contribution in [3.63, 3.8) is 0 Å². The maximum Gasteiger partial charge on any atom is 0.417 e. The van der Waals surface area contributed by atoms with Crippen molar-refractivity contribution in [1.29, 1.82) is 0 Å². The van der Waals surface area contributed by atoms with Gasteiger partial charge in [-0.1, -0.05) is 59.6 Å². The maximum atomic E-state index is 13.2. The average molecular weight is 360 g/mol. The lowest BCUT2D eigenvalue weighted by molar-refractivity contribution is -0.112. The lowest BCUT2D eigenvalue weighted by atomic mass is 10.1. The first-order valence-electron chi connectivity index (χ1n) is 6.38. The summed E-state index contributed by atoms with van der Waals surface area (Å²) in [7, 11) is 0. The Morgan fingerprint density at radius 3 is 2.26 bits per heavy atom. The van der Waals surface area contributed by atoms with Crippen LogP contribution in [0.25, 0.3) is 5.57 Å². The number of amides is 1. The number of benzene rings is 2. The Labute approximate surface area is 140 Å². The van der Waals surface area contributed by atoms with Gasteiger partial charge in [-0.05, 0) is 17.7 Å². The molecule has 0 aliphatic carbocycles. The van der Waals surface area contributed by atoms with Crippen molar-refractivity contribution in [3.8, 4) is 0 Å². The molecule has 0 saturated carbocycles. The monoisotopic (exact) mass is 359 g/mol. The highest BCUT2D eigenvalue weighted by atomic mass is 35.5. The number of carbonyl (C=O) groups excluding carboxylic acids is 1. The van der Waals surface area contributed by atoms with Crippen molar-refractivity contribution < 1.29 is 18.0 Å². The van der Waals surface area contributed by atoms with Crippen LogP contribution < -0.4 is 5.32 Å². The van der Waals surface area contributed by atoms with E-state index in [2.05, 4.69) is 5.32 Å². The largest absolute Gasteiger partial charge is 0.417 e. The molecule has 2 aromatic carbocycles. The number of hydrogen-bond acceptors (Lipinski definition) is 1. The fourth-order valence-electron chi connectivity index (χ4n) is 1.85. The van der Waals surface area contributed by atoms with Gasteiger partial charge in [0.25, 0.3) is 0 Å². The zero-order chi connectivity index (χ0) is 17.0. The number of hydrogen-bond donors (Lipinski definition) is 1. The van der Waals surface area contributed by atoms with E-state index in [9.17, 15) is 18.0 Å². The highest BCUT2D eigenvalue weighted by Crippen LogP contribution is 2.34. The Morgan fingerprint density at radius 2 is 1.65 bits per heavy atom. The van der Waals surface area contributed by atoms with Crippen molar-refractivity contribution in [3.05, 3.63) is 70.2 Å². The van der Waals surface area contributed by atoms with Crippen LogP contribution in [0.4, 0.5) is 18.9 Å². The van der Waals surface area contributed by atoms with Gasteiger partial charge in [0.1, 0.15) is 0 Å². The highest BCUT2D eigenvalue weighted by Gasteiger charge is 2.35. The number of allylic oxidation sites excluding steroid dienone is 1. The van der Waals surface area contributed by atoms with Gasteiger partial charge in [-0.25, -0.2) is 0 Å². The van der Waals surface area contributed by atoms with E-state index < -0.39 is 17.7 Å². The SMILES string of the molecule is O=C(/C=C(\c1ccccc1)C(F)(F)F)Nc1cccc(Cl)c1Cl. The number of carbonyl (C=O) groups is 1. The van der Waals surface area contributed by atoms with Gasteiger partial charge in [-0.3, -0.25) is 4.79 Å². The molecule has 2 rings (SSSR count). The molecule has 0 spiro atoms. The lowest BCUT2D eigenvalue weighted by Crippen LogP contribution is -2.16. The van der Waals surface area contributed by atoms with Crippen LogP contribution in [0.2, 0.25) is 10.0 Å². The number of nitrogens with one attached hydrogen (secondary N) is 1. The van der Waals surface area contributed by atoms with Crippen molar-refractivity contribution in [2.45, 2.75) is 6.18 Å². The first-order chi connectivity index (χ1) is 10.8.